The Morgan fingerprint density at radius 3 is 2.53 bits per heavy atom. The molecule has 38 heavy (non-hydrogen) atoms. The second-order valence-corrected chi connectivity index (χ2v) is 11.3. The molecule has 2 heterocycles. The summed E-state index contributed by atoms with van der Waals surface area (Å²) < 4.78 is 0. The van der Waals surface area contributed by atoms with Crippen molar-refractivity contribution in [1.29, 1.82) is 0 Å². The lowest BCUT2D eigenvalue weighted by Crippen LogP contribution is -2.50. The summed E-state index contributed by atoms with van der Waals surface area (Å²) in [5.74, 6) is 0.279. The van der Waals surface area contributed by atoms with Crippen molar-refractivity contribution >= 4 is 35.0 Å². The Hall–Kier alpha value is -2.12. The van der Waals surface area contributed by atoms with Crippen LogP contribution < -0.4 is 10.6 Å². The van der Waals surface area contributed by atoms with Crippen molar-refractivity contribution in [2.24, 2.45) is 0 Å². The SMILES string of the molecule is CC[C@H](CN1CC[C@@H](CNC(=O)c2ccc(Cl)c(Cl)c2)NC(CCN2CCCCC2)C1=O)c1ccccc1. The lowest BCUT2D eigenvalue weighted by Gasteiger charge is -2.31. The van der Waals surface area contributed by atoms with Gasteiger partial charge < -0.3 is 20.4 Å². The fraction of sp³-hybridized carbons (Fsp3) is 0.533. The van der Waals surface area contributed by atoms with Crippen LogP contribution in [0, 0.1) is 0 Å². The molecule has 2 aliphatic rings. The second kappa shape index (κ2) is 14.3. The minimum absolute atomic E-state index is 0.00108. The van der Waals surface area contributed by atoms with Gasteiger partial charge in [-0.3, -0.25) is 9.59 Å². The topological polar surface area (TPSA) is 64.7 Å². The summed E-state index contributed by atoms with van der Waals surface area (Å²) >= 11 is 12.1. The second-order valence-electron chi connectivity index (χ2n) is 10.5. The third kappa shape index (κ3) is 7.95. The monoisotopic (exact) mass is 558 g/mol. The van der Waals surface area contributed by atoms with Crippen LogP contribution in [0.15, 0.2) is 48.5 Å². The first-order valence-electron chi connectivity index (χ1n) is 14.0. The number of rotatable bonds is 10. The quantitative estimate of drug-likeness (QED) is 0.412. The molecule has 8 heteroatoms. The maximum atomic E-state index is 13.8. The van der Waals surface area contributed by atoms with E-state index in [0.717, 1.165) is 38.9 Å². The van der Waals surface area contributed by atoms with E-state index in [1.54, 1.807) is 18.2 Å². The van der Waals surface area contributed by atoms with E-state index in [1.807, 2.05) is 6.07 Å². The smallest absolute Gasteiger partial charge is 0.251 e. The molecule has 206 valence electrons. The Kier molecular flexibility index (Phi) is 10.9. The summed E-state index contributed by atoms with van der Waals surface area (Å²) in [5.41, 5.74) is 1.75. The molecule has 2 aliphatic heterocycles. The molecular weight excluding hydrogens is 519 g/mol. The number of likely N-dealkylation sites (tertiary alicyclic amines) is 1. The molecule has 4 rings (SSSR count). The molecule has 2 amide bonds. The number of hydrogen-bond donors (Lipinski definition) is 2. The zero-order valence-electron chi connectivity index (χ0n) is 22.3. The Morgan fingerprint density at radius 1 is 1.05 bits per heavy atom. The number of nitrogens with zero attached hydrogens (tertiary/aromatic N) is 2. The number of halogens is 2. The minimum Gasteiger partial charge on any atom is -0.350 e. The lowest BCUT2D eigenvalue weighted by atomic mass is 9.95. The number of piperidine rings is 1. The van der Waals surface area contributed by atoms with Gasteiger partial charge in [0.2, 0.25) is 5.91 Å². The van der Waals surface area contributed by atoms with Crippen molar-refractivity contribution in [2.75, 3.05) is 39.3 Å². The molecule has 0 aromatic heterocycles. The summed E-state index contributed by atoms with van der Waals surface area (Å²) in [4.78, 5) is 31.1. The number of nitrogens with one attached hydrogen (secondary N) is 2. The maximum absolute atomic E-state index is 13.8. The third-order valence-electron chi connectivity index (χ3n) is 7.87. The van der Waals surface area contributed by atoms with Crippen LogP contribution in [0.3, 0.4) is 0 Å². The van der Waals surface area contributed by atoms with Crippen LogP contribution in [0.2, 0.25) is 10.0 Å². The van der Waals surface area contributed by atoms with Gasteiger partial charge in [0, 0.05) is 43.7 Å². The largest absolute Gasteiger partial charge is 0.350 e. The molecule has 0 spiro atoms. The van der Waals surface area contributed by atoms with Crippen LogP contribution in [-0.4, -0.2) is 73.0 Å². The fourth-order valence-corrected chi connectivity index (χ4v) is 5.84. The van der Waals surface area contributed by atoms with Crippen LogP contribution in [0.5, 0.6) is 0 Å². The van der Waals surface area contributed by atoms with Crippen molar-refractivity contribution in [1.82, 2.24) is 20.4 Å². The zero-order chi connectivity index (χ0) is 26.9. The van der Waals surface area contributed by atoms with E-state index < -0.39 is 0 Å². The van der Waals surface area contributed by atoms with Gasteiger partial charge in [-0.2, -0.15) is 0 Å². The molecule has 2 saturated heterocycles. The Labute approximate surface area is 237 Å². The molecule has 2 aromatic rings. The molecule has 2 fully saturated rings. The van der Waals surface area contributed by atoms with E-state index in [1.165, 1.54) is 24.8 Å². The molecule has 2 aromatic carbocycles. The van der Waals surface area contributed by atoms with E-state index in [-0.39, 0.29) is 23.9 Å². The summed E-state index contributed by atoms with van der Waals surface area (Å²) in [6.07, 6.45) is 6.29. The summed E-state index contributed by atoms with van der Waals surface area (Å²) in [7, 11) is 0. The van der Waals surface area contributed by atoms with Crippen LogP contribution in [0.4, 0.5) is 0 Å². The highest BCUT2D eigenvalue weighted by molar-refractivity contribution is 6.42. The first-order valence-corrected chi connectivity index (χ1v) is 14.8. The molecule has 3 atom stereocenters. The number of benzene rings is 2. The van der Waals surface area contributed by atoms with Gasteiger partial charge in [-0.25, -0.2) is 0 Å². The number of carbonyl (C=O) groups excluding carboxylic acids is 2. The van der Waals surface area contributed by atoms with Crippen LogP contribution in [0.25, 0.3) is 0 Å². The van der Waals surface area contributed by atoms with Crippen molar-refractivity contribution in [3.05, 3.63) is 69.7 Å². The lowest BCUT2D eigenvalue weighted by molar-refractivity contribution is -0.133. The van der Waals surface area contributed by atoms with Crippen molar-refractivity contribution in [3.63, 3.8) is 0 Å². The Bertz CT molecular complexity index is 1060. The third-order valence-corrected chi connectivity index (χ3v) is 8.61. The van der Waals surface area contributed by atoms with Crippen LogP contribution >= 0.6 is 23.2 Å². The highest BCUT2D eigenvalue weighted by atomic mass is 35.5. The first kappa shape index (κ1) is 28.9. The molecule has 0 saturated carbocycles. The van der Waals surface area contributed by atoms with E-state index in [9.17, 15) is 9.59 Å². The molecule has 2 N–H and O–H groups in total. The van der Waals surface area contributed by atoms with Gasteiger partial charge in [-0.15, -0.1) is 0 Å². The van der Waals surface area contributed by atoms with Crippen molar-refractivity contribution in [3.8, 4) is 0 Å². The van der Waals surface area contributed by atoms with Gasteiger partial charge in [0.15, 0.2) is 0 Å². The first-order chi connectivity index (χ1) is 18.4. The Morgan fingerprint density at radius 2 is 1.82 bits per heavy atom. The van der Waals surface area contributed by atoms with E-state index in [4.69, 9.17) is 23.2 Å². The maximum Gasteiger partial charge on any atom is 0.251 e. The van der Waals surface area contributed by atoms with E-state index in [0.29, 0.717) is 41.2 Å². The summed E-state index contributed by atoms with van der Waals surface area (Å²) in [6, 6.07) is 15.1. The average Bonchev–Trinajstić information content (AvgIpc) is 3.09. The minimum atomic E-state index is -0.264. The molecular formula is C30H40Cl2N4O2. The van der Waals surface area contributed by atoms with E-state index >= 15 is 0 Å². The number of amides is 2. The average molecular weight is 560 g/mol. The van der Waals surface area contributed by atoms with Crippen LogP contribution in [0.1, 0.15) is 67.3 Å². The molecule has 0 bridgehead atoms. The van der Waals surface area contributed by atoms with Gasteiger partial charge >= 0.3 is 0 Å². The molecule has 0 radical (unpaired) electrons. The van der Waals surface area contributed by atoms with Crippen molar-refractivity contribution < 1.29 is 9.59 Å². The summed E-state index contributed by atoms with van der Waals surface area (Å²) in [6.45, 7) is 7.14. The zero-order valence-corrected chi connectivity index (χ0v) is 23.8. The molecule has 1 unspecified atom stereocenters. The molecule has 6 nitrogen and oxygen atoms in total. The number of hydrogen-bond acceptors (Lipinski definition) is 4. The van der Waals surface area contributed by atoms with Crippen molar-refractivity contribution in [2.45, 2.75) is 63.5 Å². The van der Waals surface area contributed by atoms with Gasteiger partial charge in [0.05, 0.1) is 16.1 Å². The van der Waals surface area contributed by atoms with E-state index in [2.05, 4.69) is 51.6 Å². The fourth-order valence-electron chi connectivity index (χ4n) is 5.54. The predicted molar refractivity (Wildman–Crippen MR) is 155 cm³/mol. The predicted octanol–water partition coefficient (Wildman–Crippen LogP) is 5.35. The van der Waals surface area contributed by atoms with Gasteiger partial charge in [0.1, 0.15) is 0 Å². The van der Waals surface area contributed by atoms with Crippen LogP contribution in [-0.2, 0) is 4.79 Å². The number of carbonyl (C=O) groups is 2. The normalized spacial score (nSPS) is 21.7. The highest BCUT2D eigenvalue weighted by Gasteiger charge is 2.32. The Balaban J connectivity index is 1.43. The molecule has 0 aliphatic carbocycles. The van der Waals surface area contributed by atoms with Gasteiger partial charge in [-0.1, -0.05) is 66.9 Å². The van der Waals surface area contributed by atoms with Gasteiger partial charge in [-0.05, 0) is 69.0 Å². The highest BCUT2D eigenvalue weighted by Crippen LogP contribution is 2.24. The standard InChI is InChI=1S/C30H40Cl2N4O2/c1-2-22(23-9-5-3-6-10-23)21-36-18-13-25(20-33-29(37)24-11-12-26(31)27(32)19-24)34-28(30(36)38)14-17-35-15-7-4-8-16-35/h3,5-6,9-12,19,22,25,28,34H,2,4,7-8,13-18,20-21H2,1H3,(H,33,37)/t22-,25+,28?/m1/s1. The van der Waals surface area contributed by atoms with Gasteiger partial charge in [0.25, 0.3) is 5.91 Å². The summed E-state index contributed by atoms with van der Waals surface area (Å²) in [5, 5.41) is 7.42.